The van der Waals surface area contributed by atoms with E-state index in [1.807, 2.05) is 6.07 Å². The molecule has 0 bridgehead atoms. The second-order valence-electron chi connectivity index (χ2n) is 7.08. The van der Waals surface area contributed by atoms with E-state index < -0.39 is 0 Å². The lowest BCUT2D eigenvalue weighted by atomic mass is 9.87. The van der Waals surface area contributed by atoms with E-state index in [4.69, 9.17) is 9.26 Å². The van der Waals surface area contributed by atoms with Gasteiger partial charge in [-0.25, -0.2) is 0 Å². The highest BCUT2D eigenvalue weighted by atomic mass is 16.5. The molecule has 0 saturated heterocycles. The summed E-state index contributed by atoms with van der Waals surface area (Å²) in [5.41, 5.74) is 3.42. The first-order valence-electron chi connectivity index (χ1n) is 8.18. The third-order valence-electron chi connectivity index (χ3n) is 4.19. The Kier molecular flexibility index (Phi) is 4.58. The molecule has 3 rings (SSSR count). The standard InChI is InChI=1S/C20H24N2O2/c1-20(2,3)18-13-24-22-19(18)12-21-11-14-5-6-16-10-17(23-4)8-7-15(16)9-14/h5-10,13,21H,11-12H2,1-4H3. The molecule has 0 radical (unpaired) electrons. The molecule has 1 N–H and O–H groups in total. The molecule has 0 unspecified atom stereocenters. The molecule has 0 atom stereocenters. The number of fused-ring (bicyclic) bond motifs is 1. The minimum absolute atomic E-state index is 0.0407. The van der Waals surface area contributed by atoms with Crippen LogP contribution in [0, 0.1) is 0 Å². The highest BCUT2D eigenvalue weighted by Crippen LogP contribution is 2.25. The van der Waals surface area contributed by atoms with Crippen molar-refractivity contribution >= 4 is 10.8 Å². The van der Waals surface area contributed by atoms with Gasteiger partial charge in [-0.05, 0) is 39.9 Å². The zero-order chi connectivity index (χ0) is 17.2. The maximum absolute atomic E-state index is 5.27. The normalized spacial score (nSPS) is 11.8. The third-order valence-corrected chi connectivity index (χ3v) is 4.19. The number of rotatable bonds is 5. The van der Waals surface area contributed by atoms with Crippen molar-refractivity contribution < 1.29 is 9.26 Å². The summed E-state index contributed by atoms with van der Waals surface area (Å²) in [4.78, 5) is 0. The van der Waals surface area contributed by atoms with Crippen molar-refractivity contribution in [3.63, 3.8) is 0 Å². The van der Waals surface area contributed by atoms with Crippen LogP contribution >= 0.6 is 0 Å². The van der Waals surface area contributed by atoms with E-state index in [-0.39, 0.29) is 5.41 Å². The lowest BCUT2D eigenvalue weighted by molar-refractivity contribution is 0.407. The molecule has 1 heterocycles. The Labute approximate surface area is 142 Å². The summed E-state index contributed by atoms with van der Waals surface area (Å²) in [6.45, 7) is 7.99. The fourth-order valence-corrected chi connectivity index (χ4v) is 2.83. The minimum atomic E-state index is 0.0407. The van der Waals surface area contributed by atoms with Gasteiger partial charge in [-0.3, -0.25) is 0 Å². The first kappa shape index (κ1) is 16.5. The van der Waals surface area contributed by atoms with Crippen LogP contribution in [-0.2, 0) is 18.5 Å². The Morgan fingerprint density at radius 1 is 1.04 bits per heavy atom. The van der Waals surface area contributed by atoms with Crippen LogP contribution in [0.1, 0.15) is 37.6 Å². The summed E-state index contributed by atoms with van der Waals surface area (Å²) in [5, 5.41) is 9.99. The number of hydrogen-bond donors (Lipinski definition) is 1. The van der Waals surface area contributed by atoms with Crippen LogP contribution in [0.2, 0.25) is 0 Å². The monoisotopic (exact) mass is 324 g/mol. The van der Waals surface area contributed by atoms with Crippen molar-refractivity contribution in [2.45, 2.75) is 39.3 Å². The van der Waals surface area contributed by atoms with Gasteiger partial charge in [0.15, 0.2) is 0 Å². The van der Waals surface area contributed by atoms with Gasteiger partial charge < -0.3 is 14.6 Å². The number of ether oxygens (including phenoxy) is 1. The summed E-state index contributed by atoms with van der Waals surface area (Å²) in [5.74, 6) is 0.883. The zero-order valence-corrected chi connectivity index (χ0v) is 14.7. The van der Waals surface area contributed by atoms with Gasteiger partial charge in [0.2, 0.25) is 0 Å². The van der Waals surface area contributed by atoms with Crippen molar-refractivity contribution in [2.24, 2.45) is 0 Å². The molecule has 4 nitrogen and oxygen atoms in total. The summed E-state index contributed by atoms with van der Waals surface area (Å²) in [7, 11) is 1.69. The number of aromatic nitrogens is 1. The van der Waals surface area contributed by atoms with Gasteiger partial charge in [0.05, 0.1) is 7.11 Å². The van der Waals surface area contributed by atoms with Gasteiger partial charge in [0.25, 0.3) is 0 Å². The molecular weight excluding hydrogens is 300 g/mol. The number of nitrogens with one attached hydrogen (secondary N) is 1. The zero-order valence-electron chi connectivity index (χ0n) is 14.7. The molecule has 0 aliphatic heterocycles. The van der Waals surface area contributed by atoms with Crippen LogP contribution in [0.15, 0.2) is 47.2 Å². The van der Waals surface area contributed by atoms with Gasteiger partial charge in [-0.2, -0.15) is 0 Å². The summed E-state index contributed by atoms with van der Waals surface area (Å²) < 4.78 is 10.4. The van der Waals surface area contributed by atoms with E-state index in [0.717, 1.165) is 23.6 Å². The molecule has 0 saturated carbocycles. The van der Waals surface area contributed by atoms with Crippen LogP contribution in [0.4, 0.5) is 0 Å². The van der Waals surface area contributed by atoms with Gasteiger partial charge in [0.1, 0.15) is 17.7 Å². The molecule has 126 valence electrons. The SMILES string of the molecule is COc1ccc2cc(CNCc3nocc3C(C)(C)C)ccc2c1. The molecule has 1 aromatic heterocycles. The Bertz CT molecular complexity index is 831. The van der Waals surface area contributed by atoms with Crippen LogP contribution in [0.25, 0.3) is 10.8 Å². The lowest BCUT2D eigenvalue weighted by Crippen LogP contribution is -2.18. The van der Waals surface area contributed by atoms with Crippen LogP contribution < -0.4 is 10.1 Å². The molecule has 0 aliphatic carbocycles. The number of methoxy groups -OCH3 is 1. The van der Waals surface area contributed by atoms with Gasteiger partial charge >= 0.3 is 0 Å². The second-order valence-corrected chi connectivity index (χ2v) is 7.08. The number of nitrogens with zero attached hydrogens (tertiary/aromatic N) is 1. The van der Waals surface area contributed by atoms with E-state index in [1.54, 1.807) is 13.4 Å². The Balaban J connectivity index is 1.67. The first-order chi connectivity index (χ1) is 11.5. The van der Waals surface area contributed by atoms with Crippen molar-refractivity contribution in [1.82, 2.24) is 10.5 Å². The maximum atomic E-state index is 5.27. The largest absolute Gasteiger partial charge is 0.497 e. The van der Waals surface area contributed by atoms with Crippen LogP contribution in [0.3, 0.4) is 0 Å². The molecule has 3 aromatic rings. The smallest absolute Gasteiger partial charge is 0.127 e. The van der Waals surface area contributed by atoms with Crippen LogP contribution in [0.5, 0.6) is 5.75 Å². The average molecular weight is 324 g/mol. The minimum Gasteiger partial charge on any atom is -0.497 e. The lowest BCUT2D eigenvalue weighted by Gasteiger charge is -2.17. The molecule has 24 heavy (non-hydrogen) atoms. The predicted octanol–water partition coefficient (Wildman–Crippen LogP) is 4.42. The number of hydrogen-bond acceptors (Lipinski definition) is 4. The maximum Gasteiger partial charge on any atom is 0.127 e. The molecular formula is C20H24N2O2. The summed E-state index contributed by atoms with van der Waals surface area (Å²) >= 11 is 0. The molecule has 0 aliphatic rings. The second kappa shape index (κ2) is 6.65. The molecule has 2 aromatic carbocycles. The molecule has 0 spiro atoms. The van der Waals surface area contributed by atoms with E-state index in [2.05, 4.69) is 61.6 Å². The first-order valence-corrected chi connectivity index (χ1v) is 8.18. The Morgan fingerprint density at radius 2 is 1.79 bits per heavy atom. The van der Waals surface area contributed by atoms with E-state index in [0.29, 0.717) is 6.54 Å². The molecule has 4 heteroatoms. The Morgan fingerprint density at radius 3 is 2.54 bits per heavy atom. The third kappa shape index (κ3) is 3.60. The summed E-state index contributed by atoms with van der Waals surface area (Å²) in [6, 6.07) is 12.6. The van der Waals surface area contributed by atoms with Crippen molar-refractivity contribution in [2.75, 3.05) is 7.11 Å². The molecule has 0 amide bonds. The van der Waals surface area contributed by atoms with E-state index in [1.165, 1.54) is 16.3 Å². The highest BCUT2D eigenvalue weighted by Gasteiger charge is 2.21. The van der Waals surface area contributed by atoms with Crippen molar-refractivity contribution in [1.29, 1.82) is 0 Å². The fraction of sp³-hybridized carbons (Fsp3) is 0.350. The predicted molar refractivity (Wildman–Crippen MR) is 96.2 cm³/mol. The summed E-state index contributed by atoms with van der Waals surface area (Å²) in [6.07, 6.45) is 1.75. The van der Waals surface area contributed by atoms with E-state index in [9.17, 15) is 0 Å². The average Bonchev–Trinajstić information content (AvgIpc) is 3.03. The van der Waals surface area contributed by atoms with Crippen molar-refractivity contribution in [3.8, 4) is 5.75 Å². The van der Waals surface area contributed by atoms with Crippen LogP contribution in [-0.4, -0.2) is 12.3 Å². The van der Waals surface area contributed by atoms with Gasteiger partial charge in [-0.15, -0.1) is 0 Å². The van der Waals surface area contributed by atoms with Crippen molar-refractivity contribution in [3.05, 3.63) is 59.5 Å². The highest BCUT2D eigenvalue weighted by molar-refractivity contribution is 5.84. The van der Waals surface area contributed by atoms with E-state index >= 15 is 0 Å². The number of benzene rings is 2. The molecule has 0 fully saturated rings. The van der Waals surface area contributed by atoms with Gasteiger partial charge in [-0.1, -0.05) is 44.1 Å². The quantitative estimate of drug-likeness (QED) is 0.754. The Hall–Kier alpha value is -2.33. The van der Waals surface area contributed by atoms with Gasteiger partial charge in [0, 0.05) is 18.7 Å². The fourth-order valence-electron chi connectivity index (χ4n) is 2.83. The topological polar surface area (TPSA) is 47.3 Å².